The van der Waals surface area contributed by atoms with E-state index in [1.54, 1.807) is 11.0 Å². The number of hydrogen-bond acceptors (Lipinski definition) is 6. The second-order valence-corrected chi connectivity index (χ2v) is 9.26. The van der Waals surface area contributed by atoms with Gasteiger partial charge >= 0.3 is 0 Å². The first kappa shape index (κ1) is 20.7. The van der Waals surface area contributed by atoms with Crippen molar-refractivity contribution >= 4 is 23.5 Å². The molecule has 0 spiro atoms. The fraction of sp³-hybridized carbons (Fsp3) is 0.545. The number of likely N-dealkylation sites (tertiary alicyclic amines) is 1. The van der Waals surface area contributed by atoms with Crippen molar-refractivity contribution in [2.24, 2.45) is 5.92 Å². The number of hydrogen-bond donors (Lipinski definition) is 2. The van der Waals surface area contributed by atoms with Gasteiger partial charge in [-0.25, -0.2) is 0 Å². The van der Waals surface area contributed by atoms with Gasteiger partial charge in [-0.15, -0.1) is 0 Å². The number of fused-ring (bicyclic) bond motifs is 3. The summed E-state index contributed by atoms with van der Waals surface area (Å²) >= 11 is 0. The third kappa shape index (κ3) is 3.58. The van der Waals surface area contributed by atoms with Crippen LogP contribution >= 0.6 is 0 Å². The number of nitrogens with zero attached hydrogens (tertiary/aromatic N) is 4. The molecule has 0 radical (unpaired) electrons. The zero-order valence-corrected chi connectivity index (χ0v) is 18.2. The molecule has 1 aliphatic carbocycles. The summed E-state index contributed by atoms with van der Waals surface area (Å²) in [4.78, 5) is 40.2. The Balaban J connectivity index is 1.53. The van der Waals surface area contributed by atoms with E-state index in [9.17, 15) is 19.5 Å². The average molecular weight is 441 g/mol. The second kappa shape index (κ2) is 7.77. The number of carbonyl (C=O) groups is 2. The van der Waals surface area contributed by atoms with E-state index in [0.29, 0.717) is 30.9 Å². The minimum absolute atomic E-state index is 0.0453. The van der Waals surface area contributed by atoms with Crippen LogP contribution in [0, 0.1) is 5.92 Å². The third-order valence-electron chi connectivity index (χ3n) is 6.19. The van der Waals surface area contributed by atoms with E-state index < -0.39 is 11.5 Å². The predicted octanol–water partition coefficient (Wildman–Crippen LogP) is 0.763. The fourth-order valence-electron chi connectivity index (χ4n) is 4.48. The molecule has 2 aromatic rings. The Hall–Kier alpha value is -3.14. The average Bonchev–Trinajstić information content (AvgIpc) is 3.15. The minimum Gasteiger partial charge on any atom is -0.494 e. The maximum absolute atomic E-state index is 13.0. The summed E-state index contributed by atoms with van der Waals surface area (Å²) in [6.07, 6.45) is 7.25. The highest BCUT2D eigenvalue weighted by molar-refractivity contribution is 5.97. The van der Waals surface area contributed by atoms with Gasteiger partial charge in [0.05, 0.1) is 24.9 Å². The number of morpholine rings is 1. The van der Waals surface area contributed by atoms with Gasteiger partial charge < -0.3 is 20.1 Å². The van der Waals surface area contributed by atoms with Gasteiger partial charge in [0.1, 0.15) is 5.65 Å². The number of carbonyl (C=O) groups excluding carboxylic acids is 2. The molecule has 32 heavy (non-hydrogen) atoms. The van der Waals surface area contributed by atoms with Crippen LogP contribution in [0.15, 0.2) is 17.1 Å². The monoisotopic (exact) mass is 441 g/mol. The summed E-state index contributed by atoms with van der Waals surface area (Å²) in [5.74, 6) is -0.976. The largest absolute Gasteiger partial charge is 0.494 e. The molecule has 2 aromatic heterocycles. The zero-order valence-electron chi connectivity index (χ0n) is 18.2. The number of nitrogens with one attached hydrogen (secondary N) is 1. The third-order valence-corrected chi connectivity index (χ3v) is 6.19. The molecule has 2 bridgehead atoms. The van der Waals surface area contributed by atoms with Crippen molar-refractivity contribution in [3.8, 4) is 5.88 Å². The van der Waals surface area contributed by atoms with Crippen LogP contribution in [0.3, 0.4) is 0 Å². The van der Waals surface area contributed by atoms with Crippen LogP contribution in [-0.4, -0.2) is 67.3 Å². The van der Waals surface area contributed by atoms with E-state index in [1.807, 2.05) is 13.8 Å². The smallest absolute Gasteiger partial charge is 0.291 e. The number of ether oxygens (including phenoxy) is 1. The molecule has 5 rings (SSSR count). The van der Waals surface area contributed by atoms with Crippen molar-refractivity contribution in [1.29, 1.82) is 0 Å². The van der Waals surface area contributed by atoms with Crippen LogP contribution in [0.4, 0.5) is 0 Å². The molecule has 2 atom stereocenters. The van der Waals surface area contributed by atoms with Gasteiger partial charge in [-0.3, -0.25) is 19.0 Å². The highest BCUT2D eigenvalue weighted by atomic mass is 16.5. The molecule has 170 valence electrons. The van der Waals surface area contributed by atoms with Crippen molar-refractivity contribution in [1.82, 2.24) is 24.4 Å². The molecule has 3 fully saturated rings. The summed E-state index contributed by atoms with van der Waals surface area (Å²) in [6.45, 7) is 5.46. The Morgan fingerprint density at radius 3 is 2.78 bits per heavy atom. The first-order valence-electron chi connectivity index (χ1n) is 11.1. The van der Waals surface area contributed by atoms with Crippen molar-refractivity contribution in [3.63, 3.8) is 0 Å². The van der Waals surface area contributed by atoms with Gasteiger partial charge in [0.15, 0.2) is 5.56 Å². The summed E-state index contributed by atoms with van der Waals surface area (Å²) in [7, 11) is 0. The lowest BCUT2D eigenvalue weighted by atomic mass is 10.2. The standard InChI is InChI=1S/C22H27N5O5/c1-12(2)9-26-20-13(3-6-17(28)25-10-16-7-15(25)11-32-16)8-23-27(20)22(31)18(21(26)30)19(29)24-14-4-5-14/h3,6,8,12,14-16,30H,4-5,7,9-11H2,1-2H3,(H,24,29)/b6-3+/t15-,16-/m0/s1. The number of aromatic nitrogens is 3. The molecule has 10 nitrogen and oxygen atoms in total. The second-order valence-electron chi connectivity index (χ2n) is 9.26. The zero-order chi connectivity index (χ0) is 22.6. The van der Waals surface area contributed by atoms with Gasteiger partial charge in [-0.2, -0.15) is 9.61 Å². The van der Waals surface area contributed by atoms with E-state index in [1.165, 1.54) is 16.8 Å². The van der Waals surface area contributed by atoms with Gasteiger partial charge in [-0.05, 0) is 31.3 Å². The molecule has 3 aliphatic rings. The van der Waals surface area contributed by atoms with Gasteiger partial charge in [0.2, 0.25) is 11.8 Å². The van der Waals surface area contributed by atoms with Crippen molar-refractivity contribution in [2.45, 2.75) is 57.8 Å². The van der Waals surface area contributed by atoms with Crippen LogP contribution < -0.4 is 10.9 Å². The van der Waals surface area contributed by atoms with Crippen LogP contribution in [0.2, 0.25) is 0 Å². The maximum atomic E-state index is 13.0. The Labute approximate surface area is 184 Å². The molecule has 0 unspecified atom stereocenters. The van der Waals surface area contributed by atoms with Crippen LogP contribution in [-0.2, 0) is 16.1 Å². The number of rotatable bonds is 6. The van der Waals surface area contributed by atoms with E-state index in [0.717, 1.165) is 23.8 Å². The molecule has 2 N–H and O–H groups in total. The topological polar surface area (TPSA) is 118 Å². The fourth-order valence-corrected chi connectivity index (χ4v) is 4.48. The molecule has 2 amide bonds. The molecule has 10 heteroatoms. The van der Waals surface area contributed by atoms with E-state index in [2.05, 4.69) is 10.4 Å². The Bertz CT molecular complexity index is 1180. The lowest BCUT2D eigenvalue weighted by Crippen LogP contribution is -2.40. The summed E-state index contributed by atoms with van der Waals surface area (Å²) in [6, 6.07) is 0.153. The van der Waals surface area contributed by atoms with Crippen molar-refractivity contribution in [3.05, 3.63) is 33.8 Å². The first-order chi connectivity index (χ1) is 15.3. The maximum Gasteiger partial charge on any atom is 0.291 e. The predicted molar refractivity (Wildman–Crippen MR) is 115 cm³/mol. The minimum atomic E-state index is -0.685. The van der Waals surface area contributed by atoms with E-state index in [-0.39, 0.29) is 41.5 Å². The quantitative estimate of drug-likeness (QED) is 0.639. The van der Waals surface area contributed by atoms with Gasteiger partial charge in [0.25, 0.3) is 11.5 Å². The van der Waals surface area contributed by atoms with Crippen molar-refractivity contribution in [2.75, 3.05) is 13.2 Å². The highest BCUT2D eigenvalue weighted by Gasteiger charge is 2.40. The molecule has 0 aromatic carbocycles. The number of amides is 2. The van der Waals surface area contributed by atoms with Gasteiger partial charge in [0, 0.05) is 30.8 Å². The normalized spacial score (nSPS) is 22.5. The van der Waals surface area contributed by atoms with Crippen molar-refractivity contribution < 1.29 is 19.4 Å². The molecule has 1 saturated carbocycles. The number of aromatic hydroxyl groups is 1. The van der Waals surface area contributed by atoms with E-state index in [4.69, 9.17) is 4.74 Å². The summed E-state index contributed by atoms with van der Waals surface area (Å²) < 4.78 is 8.20. The molecular formula is C22H27N5O5. The molecule has 2 aliphatic heterocycles. The lowest BCUT2D eigenvalue weighted by molar-refractivity contribution is -0.130. The molecular weight excluding hydrogens is 414 g/mol. The highest BCUT2D eigenvalue weighted by Crippen LogP contribution is 2.28. The Morgan fingerprint density at radius 2 is 2.16 bits per heavy atom. The van der Waals surface area contributed by atoms with Crippen LogP contribution in [0.25, 0.3) is 11.7 Å². The summed E-state index contributed by atoms with van der Waals surface area (Å²) in [5.41, 5.74) is -0.135. The lowest BCUT2D eigenvalue weighted by Gasteiger charge is -2.25. The Kier molecular flexibility index (Phi) is 5.04. The van der Waals surface area contributed by atoms with E-state index >= 15 is 0 Å². The molecule has 4 heterocycles. The first-order valence-corrected chi connectivity index (χ1v) is 11.1. The van der Waals surface area contributed by atoms with Crippen LogP contribution in [0.5, 0.6) is 5.88 Å². The SMILES string of the molecule is CC(C)Cn1c(O)c(C(=O)NC2CC2)c(=O)n2ncc(/C=C/C(=O)N3C[C@@H]4C[C@H]3CO4)c12. The molecule has 2 saturated heterocycles. The summed E-state index contributed by atoms with van der Waals surface area (Å²) in [5, 5.41) is 17.9. The van der Waals surface area contributed by atoms with Gasteiger partial charge in [-0.1, -0.05) is 13.8 Å². The Morgan fingerprint density at radius 1 is 1.38 bits per heavy atom. The van der Waals surface area contributed by atoms with Crippen LogP contribution in [0.1, 0.15) is 49.0 Å².